The Bertz CT molecular complexity index is 727. The minimum atomic E-state index is 0. The van der Waals surface area contributed by atoms with Crippen LogP contribution >= 0.6 is 24.0 Å². The number of para-hydroxylation sites is 1. The van der Waals surface area contributed by atoms with Crippen LogP contribution in [0.4, 0.5) is 5.69 Å². The summed E-state index contributed by atoms with van der Waals surface area (Å²) in [7, 11) is 6.06. The van der Waals surface area contributed by atoms with Crippen molar-refractivity contribution in [2.75, 3.05) is 32.6 Å². The largest absolute Gasteiger partial charge is 0.352 e. The third kappa shape index (κ3) is 4.73. The molecular weight excluding hydrogens is 423 g/mol. The molecule has 2 aromatic rings. The number of halogens is 1. The predicted octanol–water partition coefficient (Wildman–Crippen LogP) is 3.50. The smallest absolute Gasteiger partial charge is 0.198 e. The van der Waals surface area contributed by atoms with Gasteiger partial charge in [0.15, 0.2) is 5.96 Å². The van der Waals surface area contributed by atoms with Gasteiger partial charge in [-0.3, -0.25) is 4.99 Å². The molecule has 1 heterocycles. The molecule has 0 bridgehead atoms. The van der Waals surface area contributed by atoms with Gasteiger partial charge in [-0.25, -0.2) is 0 Å². The first kappa shape index (κ1) is 19.7. The Balaban J connectivity index is 0.00000225. The lowest BCUT2D eigenvalue weighted by Crippen LogP contribution is -2.40. The van der Waals surface area contributed by atoms with E-state index in [2.05, 4.69) is 82.7 Å². The lowest BCUT2D eigenvalue weighted by atomic mass is 10.1. The van der Waals surface area contributed by atoms with Gasteiger partial charge in [-0.15, -0.1) is 24.0 Å². The second-order valence-corrected chi connectivity index (χ2v) is 6.44. The van der Waals surface area contributed by atoms with Gasteiger partial charge in [0, 0.05) is 32.4 Å². The topological polar surface area (TPSA) is 30.9 Å². The molecule has 134 valence electrons. The zero-order valence-corrected chi connectivity index (χ0v) is 17.5. The summed E-state index contributed by atoms with van der Waals surface area (Å²) >= 11 is 0. The second-order valence-electron chi connectivity index (χ2n) is 6.44. The van der Waals surface area contributed by atoms with Crippen LogP contribution in [0.5, 0.6) is 0 Å². The standard InChI is InChI=1S/C20H26N4.HI/c1-21-20(24-13-12-16-8-6-7-11-19(16)24)22-14-17-9-4-5-10-18(17)15-23(2)3;/h4-11H,12-15H2,1-3H3,(H,21,22);1H. The van der Waals surface area contributed by atoms with Crippen molar-refractivity contribution in [1.82, 2.24) is 10.2 Å². The zero-order chi connectivity index (χ0) is 16.9. The van der Waals surface area contributed by atoms with Crippen molar-refractivity contribution in [1.29, 1.82) is 0 Å². The number of nitrogens with one attached hydrogen (secondary N) is 1. The highest BCUT2D eigenvalue weighted by Crippen LogP contribution is 2.27. The van der Waals surface area contributed by atoms with Crippen molar-refractivity contribution in [3.63, 3.8) is 0 Å². The van der Waals surface area contributed by atoms with E-state index in [1.807, 2.05) is 7.05 Å². The number of rotatable bonds is 4. The third-order valence-corrected chi connectivity index (χ3v) is 4.40. The maximum Gasteiger partial charge on any atom is 0.198 e. The van der Waals surface area contributed by atoms with Crippen LogP contribution in [-0.2, 0) is 19.5 Å². The van der Waals surface area contributed by atoms with Gasteiger partial charge in [0.2, 0.25) is 0 Å². The molecule has 5 heteroatoms. The number of hydrogen-bond donors (Lipinski definition) is 1. The molecule has 0 unspecified atom stereocenters. The van der Waals surface area contributed by atoms with Gasteiger partial charge >= 0.3 is 0 Å². The maximum atomic E-state index is 4.50. The van der Waals surface area contributed by atoms with E-state index in [4.69, 9.17) is 0 Å². The fraction of sp³-hybridized carbons (Fsp3) is 0.350. The molecule has 4 nitrogen and oxygen atoms in total. The van der Waals surface area contributed by atoms with Crippen molar-refractivity contribution in [3.05, 3.63) is 65.2 Å². The molecular formula is C20H27IN4. The van der Waals surface area contributed by atoms with Gasteiger partial charge < -0.3 is 15.1 Å². The zero-order valence-electron chi connectivity index (χ0n) is 15.2. The molecule has 0 aromatic heterocycles. The van der Waals surface area contributed by atoms with E-state index >= 15 is 0 Å². The Labute approximate surface area is 168 Å². The minimum absolute atomic E-state index is 0. The highest BCUT2D eigenvalue weighted by molar-refractivity contribution is 14.0. The number of fused-ring (bicyclic) bond motifs is 1. The monoisotopic (exact) mass is 450 g/mol. The molecule has 0 saturated heterocycles. The van der Waals surface area contributed by atoms with Crippen LogP contribution in [0.3, 0.4) is 0 Å². The minimum Gasteiger partial charge on any atom is -0.352 e. The number of anilines is 1. The maximum absolute atomic E-state index is 4.50. The third-order valence-electron chi connectivity index (χ3n) is 4.40. The van der Waals surface area contributed by atoms with E-state index in [0.29, 0.717) is 0 Å². The van der Waals surface area contributed by atoms with Gasteiger partial charge in [-0.2, -0.15) is 0 Å². The summed E-state index contributed by atoms with van der Waals surface area (Å²) in [5.41, 5.74) is 5.34. The summed E-state index contributed by atoms with van der Waals surface area (Å²) in [6, 6.07) is 17.2. The van der Waals surface area contributed by atoms with Crippen LogP contribution in [0.1, 0.15) is 16.7 Å². The molecule has 1 aliphatic heterocycles. The molecule has 0 amide bonds. The highest BCUT2D eigenvalue weighted by atomic mass is 127. The fourth-order valence-corrected chi connectivity index (χ4v) is 3.25. The predicted molar refractivity (Wildman–Crippen MR) is 117 cm³/mol. The first-order valence-corrected chi connectivity index (χ1v) is 8.46. The van der Waals surface area contributed by atoms with Gasteiger partial charge in [-0.05, 0) is 43.3 Å². The Morgan fingerprint density at radius 3 is 2.48 bits per heavy atom. The van der Waals surface area contributed by atoms with Crippen LogP contribution in [0, 0.1) is 0 Å². The van der Waals surface area contributed by atoms with Crippen LogP contribution in [0.25, 0.3) is 0 Å². The number of aliphatic imine (C=N–C) groups is 1. The van der Waals surface area contributed by atoms with Crippen LogP contribution in [0.15, 0.2) is 53.5 Å². The number of nitrogens with zero attached hydrogens (tertiary/aromatic N) is 3. The molecule has 0 atom stereocenters. The molecule has 0 aliphatic carbocycles. The molecule has 0 saturated carbocycles. The van der Waals surface area contributed by atoms with Crippen molar-refractivity contribution < 1.29 is 0 Å². The van der Waals surface area contributed by atoms with Crippen molar-refractivity contribution in [3.8, 4) is 0 Å². The normalized spacial score (nSPS) is 13.6. The molecule has 25 heavy (non-hydrogen) atoms. The molecule has 0 spiro atoms. The van der Waals surface area contributed by atoms with E-state index in [9.17, 15) is 0 Å². The average Bonchev–Trinajstić information content (AvgIpc) is 3.01. The Kier molecular flexibility index (Phi) is 7.25. The van der Waals surface area contributed by atoms with Crippen LogP contribution < -0.4 is 10.2 Å². The van der Waals surface area contributed by atoms with E-state index < -0.39 is 0 Å². The van der Waals surface area contributed by atoms with Crippen LogP contribution in [-0.4, -0.2) is 38.5 Å². The summed E-state index contributed by atoms with van der Waals surface area (Å²) < 4.78 is 0. The molecule has 1 aliphatic rings. The Hall–Kier alpha value is -1.60. The van der Waals surface area contributed by atoms with E-state index in [-0.39, 0.29) is 24.0 Å². The summed E-state index contributed by atoms with van der Waals surface area (Å²) in [6.45, 7) is 2.72. The summed E-state index contributed by atoms with van der Waals surface area (Å²) in [4.78, 5) is 8.98. The molecule has 0 radical (unpaired) electrons. The summed E-state index contributed by atoms with van der Waals surface area (Å²) in [5.74, 6) is 0.944. The number of guanidine groups is 1. The van der Waals surface area contributed by atoms with Gasteiger partial charge in [-0.1, -0.05) is 42.5 Å². The quantitative estimate of drug-likeness (QED) is 0.440. The van der Waals surface area contributed by atoms with Crippen LogP contribution in [0.2, 0.25) is 0 Å². The number of hydrogen-bond acceptors (Lipinski definition) is 2. The fourth-order valence-electron chi connectivity index (χ4n) is 3.25. The summed E-state index contributed by atoms with van der Waals surface area (Å²) in [5, 5.41) is 3.54. The first-order valence-electron chi connectivity index (χ1n) is 8.46. The van der Waals surface area contributed by atoms with Crippen molar-refractivity contribution in [2.45, 2.75) is 19.5 Å². The lowest BCUT2D eigenvalue weighted by Gasteiger charge is -2.23. The van der Waals surface area contributed by atoms with Crippen molar-refractivity contribution in [2.24, 2.45) is 4.99 Å². The van der Waals surface area contributed by atoms with E-state index in [1.165, 1.54) is 22.4 Å². The summed E-state index contributed by atoms with van der Waals surface area (Å²) in [6.07, 6.45) is 1.08. The molecule has 2 aromatic carbocycles. The van der Waals surface area contributed by atoms with Gasteiger partial charge in [0.1, 0.15) is 0 Å². The Morgan fingerprint density at radius 2 is 1.76 bits per heavy atom. The molecule has 0 fully saturated rings. The average molecular weight is 450 g/mol. The second kappa shape index (κ2) is 9.20. The molecule has 1 N–H and O–H groups in total. The highest BCUT2D eigenvalue weighted by Gasteiger charge is 2.22. The SMILES string of the molecule is CN=C(NCc1ccccc1CN(C)C)N1CCc2ccccc21.I. The van der Waals surface area contributed by atoms with Gasteiger partial charge in [0.05, 0.1) is 0 Å². The van der Waals surface area contributed by atoms with E-state index in [0.717, 1.165) is 32.0 Å². The van der Waals surface area contributed by atoms with E-state index in [1.54, 1.807) is 0 Å². The van der Waals surface area contributed by atoms with Gasteiger partial charge in [0.25, 0.3) is 0 Å². The lowest BCUT2D eigenvalue weighted by molar-refractivity contribution is 0.400. The Morgan fingerprint density at radius 1 is 1.08 bits per heavy atom. The van der Waals surface area contributed by atoms with Crippen molar-refractivity contribution >= 4 is 35.6 Å². The first-order chi connectivity index (χ1) is 11.7. The number of benzene rings is 2. The molecule has 3 rings (SSSR count).